The van der Waals surface area contributed by atoms with Crippen LogP contribution in [0.3, 0.4) is 0 Å². The molecule has 3 heterocycles. The zero-order chi connectivity index (χ0) is 28.9. The molecule has 5 rings (SSSR count). The lowest BCUT2D eigenvalue weighted by molar-refractivity contribution is 0.312. The highest BCUT2D eigenvalue weighted by atomic mass is 79.9. The number of piperazine rings is 1. The molecule has 0 amide bonds. The van der Waals surface area contributed by atoms with Gasteiger partial charge >= 0.3 is 0 Å². The Kier molecular flexibility index (Phi) is 9.31. The average Bonchev–Trinajstić information content (AvgIpc) is 2.99. The lowest BCUT2D eigenvalue weighted by atomic mass is 10.1. The second-order valence-electron chi connectivity index (χ2n) is 9.77. The van der Waals surface area contributed by atoms with Gasteiger partial charge in [0.1, 0.15) is 17.1 Å². The number of hydrogen-bond donors (Lipinski definition) is 2. The summed E-state index contributed by atoms with van der Waals surface area (Å²) in [6.45, 7) is 8.40. The Hall–Kier alpha value is -3.35. The maximum absolute atomic E-state index is 5.82. The quantitative estimate of drug-likeness (QED) is 0.198. The van der Waals surface area contributed by atoms with Gasteiger partial charge < -0.3 is 29.5 Å². The molecule has 0 saturated carbocycles. The Morgan fingerprint density at radius 1 is 1.02 bits per heavy atom. The number of aryl methyl sites for hydroxylation is 1. The number of benzene rings is 2. The van der Waals surface area contributed by atoms with E-state index in [2.05, 4.69) is 88.6 Å². The standard InChI is InChI=1S/C29H36BrN9OS/c1-6-19-16-23(25(40-5)17-24(19)39-14-12-37(3)13-15-39)35-29-33-18-20(30)28(36-29)34-22-9-8-21-26(32-11-10-31-21)27(22)38(4)41-7-2/h8-11,16-18H,6-7,12-15H2,1-5H3,(H2,33,34,35,36). The Morgan fingerprint density at radius 3 is 2.54 bits per heavy atom. The number of hydrogen-bond acceptors (Lipinski definition) is 11. The van der Waals surface area contributed by atoms with Crippen LogP contribution in [0.1, 0.15) is 19.4 Å². The molecule has 0 spiro atoms. The molecule has 0 atom stereocenters. The molecular weight excluding hydrogens is 602 g/mol. The number of nitrogens with zero attached hydrogens (tertiary/aromatic N) is 7. The molecule has 1 aliphatic rings. The summed E-state index contributed by atoms with van der Waals surface area (Å²) >= 11 is 5.33. The molecule has 2 aromatic heterocycles. The summed E-state index contributed by atoms with van der Waals surface area (Å²) in [5, 5.41) is 6.91. The van der Waals surface area contributed by atoms with Crippen molar-refractivity contribution in [2.45, 2.75) is 20.3 Å². The lowest BCUT2D eigenvalue weighted by Gasteiger charge is -2.35. The first-order valence-electron chi connectivity index (χ1n) is 13.7. The summed E-state index contributed by atoms with van der Waals surface area (Å²) in [5.74, 6) is 2.77. The average molecular weight is 639 g/mol. The summed E-state index contributed by atoms with van der Waals surface area (Å²) in [5.41, 5.74) is 6.78. The smallest absolute Gasteiger partial charge is 0.229 e. The summed E-state index contributed by atoms with van der Waals surface area (Å²) in [7, 11) is 5.91. The van der Waals surface area contributed by atoms with Crippen molar-refractivity contribution in [1.82, 2.24) is 24.8 Å². The van der Waals surface area contributed by atoms with Crippen molar-refractivity contribution in [3.8, 4) is 5.75 Å². The number of ether oxygens (including phenoxy) is 1. The van der Waals surface area contributed by atoms with Gasteiger partial charge in [0, 0.05) is 69.3 Å². The van der Waals surface area contributed by atoms with E-state index in [4.69, 9.17) is 9.72 Å². The topological polar surface area (TPSA) is 94.6 Å². The lowest BCUT2D eigenvalue weighted by Crippen LogP contribution is -2.44. The molecule has 1 fully saturated rings. The Morgan fingerprint density at radius 2 is 1.80 bits per heavy atom. The van der Waals surface area contributed by atoms with E-state index in [9.17, 15) is 0 Å². The molecule has 1 saturated heterocycles. The van der Waals surface area contributed by atoms with Gasteiger partial charge in [-0.05, 0) is 53.2 Å². The van der Waals surface area contributed by atoms with Crippen LogP contribution in [-0.2, 0) is 6.42 Å². The zero-order valence-corrected chi connectivity index (χ0v) is 26.5. The van der Waals surface area contributed by atoms with Crippen LogP contribution in [-0.4, -0.2) is 78.0 Å². The number of halogens is 1. The van der Waals surface area contributed by atoms with Crippen molar-refractivity contribution in [2.75, 3.05) is 73.0 Å². The molecule has 1 aliphatic heterocycles. The normalized spacial score (nSPS) is 13.9. The van der Waals surface area contributed by atoms with Crippen molar-refractivity contribution in [1.29, 1.82) is 0 Å². The van der Waals surface area contributed by atoms with Gasteiger partial charge in [-0.2, -0.15) is 4.98 Å². The number of aromatic nitrogens is 4. The first-order valence-corrected chi connectivity index (χ1v) is 15.5. The summed E-state index contributed by atoms with van der Waals surface area (Å²) < 4.78 is 8.68. The number of fused-ring (bicyclic) bond motifs is 1. The minimum absolute atomic E-state index is 0.460. The maximum atomic E-state index is 5.82. The van der Waals surface area contributed by atoms with E-state index in [1.807, 2.05) is 19.2 Å². The molecule has 10 nitrogen and oxygen atoms in total. The van der Waals surface area contributed by atoms with Gasteiger partial charge in [-0.3, -0.25) is 9.97 Å². The number of nitrogens with one attached hydrogen (secondary N) is 2. The monoisotopic (exact) mass is 637 g/mol. The van der Waals surface area contributed by atoms with Gasteiger partial charge in [0.2, 0.25) is 5.95 Å². The van der Waals surface area contributed by atoms with Crippen LogP contribution in [0, 0.1) is 0 Å². The molecule has 4 aromatic rings. The van der Waals surface area contributed by atoms with E-state index < -0.39 is 0 Å². The van der Waals surface area contributed by atoms with Gasteiger partial charge in [-0.15, -0.1) is 0 Å². The SMILES string of the molecule is CCSN(C)c1c(Nc2nc(Nc3cc(CC)c(N4CCN(C)CC4)cc3OC)ncc2Br)ccc2nccnc12. The maximum Gasteiger partial charge on any atom is 0.229 e. The van der Waals surface area contributed by atoms with Gasteiger partial charge in [0.05, 0.1) is 34.2 Å². The number of rotatable bonds is 10. The first-order chi connectivity index (χ1) is 19.9. The summed E-state index contributed by atoms with van der Waals surface area (Å²) in [6, 6.07) is 8.26. The molecule has 0 bridgehead atoms. The molecule has 216 valence electrons. The van der Waals surface area contributed by atoms with Gasteiger partial charge in [-0.25, -0.2) is 4.98 Å². The summed E-state index contributed by atoms with van der Waals surface area (Å²) in [6.07, 6.45) is 6.08. The fourth-order valence-corrected chi connectivity index (χ4v) is 5.96. The van der Waals surface area contributed by atoms with Crippen LogP contribution in [0.25, 0.3) is 11.0 Å². The zero-order valence-electron chi connectivity index (χ0n) is 24.1. The fourth-order valence-electron chi connectivity index (χ4n) is 4.97. The summed E-state index contributed by atoms with van der Waals surface area (Å²) in [4.78, 5) is 23.3. The fraction of sp³-hybridized carbons (Fsp3) is 0.379. The third-order valence-corrected chi connectivity index (χ3v) is 8.53. The second kappa shape index (κ2) is 13.1. The minimum Gasteiger partial charge on any atom is -0.494 e. The Labute approximate surface area is 254 Å². The molecular formula is C29H36BrN9OS. The molecule has 0 unspecified atom stereocenters. The highest BCUT2D eigenvalue weighted by Gasteiger charge is 2.20. The van der Waals surface area contributed by atoms with Crippen molar-refractivity contribution in [3.63, 3.8) is 0 Å². The van der Waals surface area contributed by atoms with E-state index in [-0.39, 0.29) is 0 Å². The molecule has 41 heavy (non-hydrogen) atoms. The largest absolute Gasteiger partial charge is 0.494 e. The number of anilines is 6. The van der Waals surface area contributed by atoms with Crippen LogP contribution < -0.4 is 24.6 Å². The van der Waals surface area contributed by atoms with Gasteiger partial charge in [0.25, 0.3) is 0 Å². The van der Waals surface area contributed by atoms with E-state index in [1.165, 1.54) is 11.3 Å². The number of methoxy groups -OCH3 is 1. The van der Waals surface area contributed by atoms with E-state index in [0.29, 0.717) is 11.8 Å². The number of likely N-dealkylation sites (N-methyl/N-ethyl adjacent to an activating group) is 1. The van der Waals surface area contributed by atoms with Gasteiger partial charge in [0.15, 0.2) is 0 Å². The van der Waals surface area contributed by atoms with Crippen LogP contribution in [0.4, 0.5) is 34.5 Å². The molecule has 2 aromatic carbocycles. The molecule has 2 N–H and O–H groups in total. The van der Waals surface area contributed by atoms with Crippen molar-refractivity contribution in [3.05, 3.63) is 52.9 Å². The Balaban J connectivity index is 1.46. The predicted molar refractivity (Wildman–Crippen MR) is 174 cm³/mol. The van der Waals surface area contributed by atoms with Crippen molar-refractivity contribution >= 4 is 73.4 Å². The van der Waals surface area contributed by atoms with E-state index >= 15 is 0 Å². The van der Waals surface area contributed by atoms with Crippen LogP contribution in [0.15, 0.2) is 47.3 Å². The highest BCUT2D eigenvalue weighted by Crippen LogP contribution is 2.39. The van der Waals surface area contributed by atoms with Crippen molar-refractivity contribution in [2.24, 2.45) is 0 Å². The highest BCUT2D eigenvalue weighted by molar-refractivity contribution is 9.10. The second-order valence-corrected chi connectivity index (χ2v) is 12.0. The first kappa shape index (κ1) is 29.2. The van der Waals surface area contributed by atoms with E-state index in [1.54, 1.807) is 37.6 Å². The molecule has 0 aliphatic carbocycles. The van der Waals surface area contributed by atoms with Crippen LogP contribution in [0.5, 0.6) is 5.75 Å². The van der Waals surface area contributed by atoms with Gasteiger partial charge in [-0.1, -0.05) is 25.8 Å². The van der Waals surface area contributed by atoms with Crippen LogP contribution >= 0.6 is 27.9 Å². The van der Waals surface area contributed by atoms with Crippen molar-refractivity contribution < 1.29 is 4.74 Å². The predicted octanol–water partition coefficient (Wildman–Crippen LogP) is 6.10. The third kappa shape index (κ3) is 6.44. The molecule has 0 radical (unpaired) electrons. The minimum atomic E-state index is 0.460. The molecule has 12 heteroatoms. The Bertz CT molecular complexity index is 1510. The van der Waals surface area contributed by atoms with Crippen LogP contribution in [0.2, 0.25) is 0 Å². The third-order valence-electron chi connectivity index (χ3n) is 7.12. The van der Waals surface area contributed by atoms with E-state index in [0.717, 1.165) is 76.7 Å².